The van der Waals surface area contributed by atoms with Gasteiger partial charge in [-0.3, -0.25) is 9.35 Å². The monoisotopic (exact) mass is 451 g/mol. The van der Waals surface area contributed by atoms with Gasteiger partial charge in [0.2, 0.25) is 0 Å². The number of benzene rings is 4. The fourth-order valence-electron chi connectivity index (χ4n) is 3.31. The minimum absolute atomic E-state index is 0.248. The molecule has 0 aliphatic carbocycles. The number of carbonyl (C=O) groups is 1. The second kappa shape index (κ2) is 8.93. The van der Waals surface area contributed by atoms with Gasteiger partial charge >= 0.3 is 5.97 Å². The zero-order valence-corrected chi connectivity index (χ0v) is 18.0. The molecule has 0 heterocycles. The number of carbonyl (C=O) groups excluding carboxylic acids is 1. The van der Waals surface area contributed by atoms with E-state index in [1.165, 1.54) is 0 Å². The second-order valence-corrected chi connectivity index (χ2v) is 10.2. The van der Waals surface area contributed by atoms with Crippen molar-refractivity contribution in [2.75, 3.05) is 5.75 Å². The molecule has 0 aliphatic rings. The Morgan fingerprint density at radius 1 is 0.742 bits per heavy atom. The second-order valence-electron chi connectivity index (χ2n) is 6.74. The Balaban J connectivity index is 1.85. The largest absolute Gasteiger partial charge is 0.425 e. The standard InChI is InChI=1S/C24H18O5S2/c25-24(17-31(26,27)28)29-22-15-16-23(21-14-8-7-13-20(21)22)30(18-9-3-1-4-10-18)19-11-5-2-6-12-19/h1-16H,17H2/p+1. The van der Waals surface area contributed by atoms with E-state index in [9.17, 15) is 13.2 Å². The minimum Gasteiger partial charge on any atom is -0.425 e. The summed E-state index contributed by atoms with van der Waals surface area (Å²) in [6.07, 6.45) is 0. The molecule has 1 N–H and O–H groups in total. The predicted molar refractivity (Wildman–Crippen MR) is 121 cm³/mol. The lowest BCUT2D eigenvalue weighted by atomic mass is 10.1. The van der Waals surface area contributed by atoms with Crippen molar-refractivity contribution in [3.8, 4) is 5.75 Å². The van der Waals surface area contributed by atoms with Crippen molar-refractivity contribution in [1.29, 1.82) is 0 Å². The molecule has 0 aromatic heterocycles. The number of ether oxygens (including phenoxy) is 1. The Bertz CT molecular complexity index is 1280. The van der Waals surface area contributed by atoms with E-state index >= 15 is 0 Å². The van der Waals surface area contributed by atoms with Crippen LogP contribution >= 0.6 is 0 Å². The highest BCUT2D eigenvalue weighted by Gasteiger charge is 2.31. The van der Waals surface area contributed by atoms with Crippen LogP contribution in [0.4, 0.5) is 0 Å². The summed E-state index contributed by atoms with van der Waals surface area (Å²) < 4.78 is 36.2. The average molecular weight is 452 g/mol. The number of rotatable bonds is 6. The molecule has 5 nitrogen and oxygen atoms in total. The highest BCUT2D eigenvalue weighted by molar-refractivity contribution is 7.97. The lowest BCUT2D eigenvalue weighted by molar-refractivity contribution is -0.131. The average Bonchev–Trinajstić information content (AvgIpc) is 2.76. The third kappa shape index (κ3) is 4.96. The van der Waals surface area contributed by atoms with E-state index in [0.717, 1.165) is 20.1 Å². The Kier molecular flexibility index (Phi) is 6.08. The van der Waals surface area contributed by atoms with E-state index < -0.39 is 32.7 Å². The SMILES string of the molecule is O=C(CS(=O)(=O)O)Oc1ccc([S+](c2ccccc2)c2ccccc2)c2ccccc12. The van der Waals surface area contributed by atoms with Crippen molar-refractivity contribution < 1.29 is 22.5 Å². The first-order valence-electron chi connectivity index (χ1n) is 9.44. The van der Waals surface area contributed by atoms with Gasteiger partial charge < -0.3 is 4.74 Å². The number of esters is 1. The minimum atomic E-state index is -4.46. The molecule has 156 valence electrons. The first kappa shape index (κ1) is 21.1. The van der Waals surface area contributed by atoms with Crippen molar-refractivity contribution in [3.05, 3.63) is 97.1 Å². The molecule has 0 radical (unpaired) electrons. The van der Waals surface area contributed by atoms with Gasteiger partial charge in [-0.05, 0) is 42.5 Å². The molecule has 0 spiro atoms. The maximum atomic E-state index is 12.0. The molecule has 4 rings (SSSR count). The molecular formula is C24H19O5S2+. The summed E-state index contributed by atoms with van der Waals surface area (Å²) in [6, 6.07) is 31.4. The quantitative estimate of drug-likeness (QED) is 0.198. The van der Waals surface area contributed by atoms with Gasteiger partial charge in [0.05, 0.1) is 10.9 Å². The normalized spacial score (nSPS) is 11.5. The van der Waals surface area contributed by atoms with Crippen LogP contribution in [-0.4, -0.2) is 24.7 Å². The summed E-state index contributed by atoms with van der Waals surface area (Å²) >= 11 is 0. The summed E-state index contributed by atoms with van der Waals surface area (Å²) in [5.74, 6) is -1.88. The molecule has 4 aromatic rings. The van der Waals surface area contributed by atoms with E-state index in [4.69, 9.17) is 9.29 Å². The van der Waals surface area contributed by atoms with Gasteiger partial charge in [0, 0.05) is 10.8 Å². The predicted octanol–water partition coefficient (Wildman–Crippen LogP) is 4.73. The van der Waals surface area contributed by atoms with Crippen LogP contribution in [0.25, 0.3) is 10.8 Å². The summed E-state index contributed by atoms with van der Waals surface area (Å²) in [6.45, 7) is 0. The first-order chi connectivity index (χ1) is 14.9. The lowest BCUT2D eigenvalue weighted by Crippen LogP contribution is -2.20. The van der Waals surface area contributed by atoms with E-state index in [1.54, 1.807) is 6.07 Å². The van der Waals surface area contributed by atoms with Crippen LogP contribution in [0.2, 0.25) is 0 Å². The number of hydrogen-bond donors (Lipinski definition) is 1. The van der Waals surface area contributed by atoms with Crippen LogP contribution in [0, 0.1) is 0 Å². The van der Waals surface area contributed by atoms with Gasteiger partial charge in [-0.1, -0.05) is 54.6 Å². The van der Waals surface area contributed by atoms with Gasteiger partial charge in [0.25, 0.3) is 10.1 Å². The number of hydrogen-bond acceptors (Lipinski definition) is 4. The molecule has 0 atom stereocenters. The summed E-state index contributed by atoms with van der Waals surface area (Å²) in [5, 5.41) is 1.59. The van der Waals surface area contributed by atoms with E-state index in [0.29, 0.717) is 5.39 Å². The Hall–Kier alpha value is -3.13. The highest BCUT2D eigenvalue weighted by Crippen LogP contribution is 2.38. The topological polar surface area (TPSA) is 80.7 Å². The third-order valence-electron chi connectivity index (χ3n) is 4.55. The molecule has 0 bridgehead atoms. The van der Waals surface area contributed by atoms with Gasteiger partial charge in [0.1, 0.15) is 5.75 Å². The Labute approximate surface area is 183 Å². The van der Waals surface area contributed by atoms with Crippen LogP contribution < -0.4 is 4.74 Å². The van der Waals surface area contributed by atoms with Crippen molar-refractivity contribution in [3.63, 3.8) is 0 Å². The molecule has 0 unspecified atom stereocenters. The van der Waals surface area contributed by atoms with Crippen molar-refractivity contribution >= 4 is 37.8 Å². The zero-order chi connectivity index (χ0) is 21.8. The summed E-state index contributed by atoms with van der Waals surface area (Å²) in [5.41, 5.74) is 0. The molecule has 31 heavy (non-hydrogen) atoms. The summed E-state index contributed by atoms with van der Waals surface area (Å²) in [7, 11) is -4.87. The fourth-order valence-corrected chi connectivity index (χ4v) is 5.91. The number of fused-ring (bicyclic) bond motifs is 1. The van der Waals surface area contributed by atoms with Gasteiger partial charge in [-0.2, -0.15) is 8.42 Å². The van der Waals surface area contributed by atoms with E-state index in [-0.39, 0.29) is 5.75 Å². The Morgan fingerprint density at radius 2 is 1.26 bits per heavy atom. The van der Waals surface area contributed by atoms with E-state index in [1.807, 2.05) is 66.7 Å². The van der Waals surface area contributed by atoms with Crippen molar-refractivity contribution in [1.82, 2.24) is 0 Å². The molecule has 0 fully saturated rings. The molecule has 0 aliphatic heterocycles. The van der Waals surface area contributed by atoms with Gasteiger partial charge in [-0.25, -0.2) is 0 Å². The zero-order valence-electron chi connectivity index (χ0n) is 16.3. The van der Waals surface area contributed by atoms with Gasteiger partial charge in [0.15, 0.2) is 20.4 Å². The highest BCUT2D eigenvalue weighted by atomic mass is 32.2. The molecular weight excluding hydrogens is 432 g/mol. The van der Waals surface area contributed by atoms with Crippen LogP contribution in [-0.2, 0) is 25.8 Å². The summed E-state index contributed by atoms with van der Waals surface area (Å²) in [4.78, 5) is 15.3. The smallest absolute Gasteiger partial charge is 0.329 e. The third-order valence-corrected chi connectivity index (χ3v) is 7.43. The first-order valence-corrected chi connectivity index (χ1v) is 12.3. The van der Waals surface area contributed by atoms with E-state index in [2.05, 4.69) is 24.3 Å². The lowest BCUT2D eigenvalue weighted by Gasteiger charge is -2.13. The van der Waals surface area contributed by atoms with Crippen LogP contribution in [0.5, 0.6) is 5.75 Å². The molecule has 0 amide bonds. The van der Waals surface area contributed by atoms with Crippen LogP contribution in [0.3, 0.4) is 0 Å². The van der Waals surface area contributed by atoms with Crippen LogP contribution in [0.1, 0.15) is 0 Å². The fraction of sp³-hybridized carbons (Fsp3) is 0.0417. The van der Waals surface area contributed by atoms with Crippen LogP contribution in [0.15, 0.2) is 112 Å². The maximum Gasteiger partial charge on any atom is 0.329 e. The molecule has 0 saturated carbocycles. The maximum absolute atomic E-state index is 12.0. The molecule has 7 heteroatoms. The van der Waals surface area contributed by atoms with Crippen molar-refractivity contribution in [2.45, 2.75) is 14.7 Å². The van der Waals surface area contributed by atoms with Gasteiger partial charge in [-0.15, -0.1) is 0 Å². The molecule has 0 saturated heterocycles. The molecule has 4 aromatic carbocycles. The Morgan fingerprint density at radius 3 is 1.81 bits per heavy atom. The van der Waals surface area contributed by atoms with Crippen molar-refractivity contribution in [2.24, 2.45) is 0 Å².